The van der Waals surface area contributed by atoms with Crippen molar-refractivity contribution in [1.82, 2.24) is 0 Å². The van der Waals surface area contributed by atoms with Crippen molar-refractivity contribution >= 4 is 11.3 Å². The predicted molar refractivity (Wildman–Crippen MR) is 70.6 cm³/mol. The average Bonchev–Trinajstić information content (AvgIpc) is 2.81. The van der Waals surface area contributed by atoms with Crippen molar-refractivity contribution in [1.29, 1.82) is 0 Å². The molecule has 2 rings (SSSR count). The number of hydrogen-bond acceptors (Lipinski definition) is 3. The summed E-state index contributed by atoms with van der Waals surface area (Å²) in [7, 11) is 0. The molecule has 0 aliphatic carbocycles. The smallest absolute Gasteiger partial charge is 0.120 e. The zero-order valence-electron chi connectivity index (χ0n) is 9.96. The van der Waals surface area contributed by atoms with E-state index in [0.717, 1.165) is 16.2 Å². The second-order valence-electron chi connectivity index (χ2n) is 4.16. The molecule has 0 saturated carbocycles. The van der Waals surface area contributed by atoms with Gasteiger partial charge in [-0.3, -0.25) is 0 Å². The van der Waals surface area contributed by atoms with E-state index >= 15 is 0 Å². The fourth-order valence-electron chi connectivity index (χ4n) is 1.64. The average molecular weight is 248 g/mol. The van der Waals surface area contributed by atoms with Crippen LogP contribution in [-0.2, 0) is 0 Å². The summed E-state index contributed by atoms with van der Waals surface area (Å²) in [6.07, 6.45) is -0.421. The van der Waals surface area contributed by atoms with Crippen LogP contribution in [0.25, 0.3) is 0 Å². The Bertz CT molecular complexity index is 463. The summed E-state index contributed by atoms with van der Waals surface area (Å²) in [6, 6.07) is 11.5. The highest BCUT2D eigenvalue weighted by molar-refractivity contribution is 7.10. The van der Waals surface area contributed by atoms with Crippen LogP contribution in [0.2, 0.25) is 0 Å². The number of rotatable bonds is 4. The van der Waals surface area contributed by atoms with Gasteiger partial charge in [0.2, 0.25) is 0 Å². The van der Waals surface area contributed by atoms with Crippen molar-refractivity contribution in [3.05, 3.63) is 52.2 Å². The third kappa shape index (κ3) is 3.08. The monoisotopic (exact) mass is 248 g/mol. The second kappa shape index (κ2) is 5.34. The molecule has 0 amide bonds. The maximum Gasteiger partial charge on any atom is 0.120 e. The molecule has 0 spiro atoms. The lowest BCUT2D eigenvalue weighted by Crippen LogP contribution is -2.06. The largest absolute Gasteiger partial charge is 0.491 e. The summed E-state index contributed by atoms with van der Waals surface area (Å²) >= 11 is 1.55. The van der Waals surface area contributed by atoms with E-state index < -0.39 is 6.10 Å². The maximum absolute atomic E-state index is 10.2. The zero-order chi connectivity index (χ0) is 12.3. The fourth-order valence-corrected chi connectivity index (χ4v) is 2.38. The van der Waals surface area contributed by atoms with E-state index in [1.54, 1.807) is 11.3 Å². The van der Waals surface area contributed by atoms with Crippen LogP contribution in [0.15, 0.2) is 41.8 Å². The SMILES string of the molecule is CC(C)Oc1cccc(C(O)c2cccs2)c1. The second-order valence-corrected chi connectivity index (χ2v) is 5.14. The standard InChI is InChI=1S/C14H16O2S/c1-10(2)16-12-6-3-5-11(9-12)14(15)13-7-4-8-17-13/h3-10,14-15H,1-2H3. The molecule has 0 aliphatic rings. The molecule has 0 saturated heterocycles. The van der Waals surface area contributed by atoms with Gasteiger partial charge in [-0.1, -0.05) is 18.2 Å². The third-order valence-corrected chi connectivity index (χ3v) is 3.28. The van der Waals surface area contributed by atoms with Crippen LogP contribution in [0.1, 0.15) is 30.4 Å². The summed E-state index contributed by atoms with van der Waals surface area (Å²) in [5.41, 5.74) is 0.866. The molecular weight excluding hydrogens is 232 g/mol. The Balaban J connectivity index is 2.21. The summed E-state index contributed by atoms with van der Waals surface area (Å²) in [6.45, 7) is 3.98. The third-order valence-electron chi connectivity index (χ3n) is 2.36. The molecule has 2 aromatic rings. The van der Waals surface area contributed by atoms with Crippen molar-refractivity contribution in [3.63, 3.8) is 0 Å². The lowest BCUT2D eigenvalue weighted by Gasteiger charge is -2.13. The number of aliphatic hydroxyl groups is 1. The molecule has 2 nitrogen and oxygen atoms in total. The van der Waals surface area contributed by atoms with Crippen LogP contribution in [0.4, 0.5) is 0 Å². The number of thiophene rings is 1. The topological polar surface area (TPSA) is 29.5 Å². The Morgan fingerprint density at radius 3 is 2.65 bits per heavy atom. The Hall–Kier alpha value is -1.32. The Morgan fingerprint density at radius 2 is 2.00 bits per heavy atom. The number of hydrogen-bond donors (Lipinski definition) is 1. The van der Waals surface area contributed by atoms with E-state index in [-0.39, 0.29) is 6.10 Å². The van der Waals surface area contributed by atoms with Crippen molar-refractivity contribution in [2.24, 2.45) is 0 Å². The van der Waals surface area contributed by atoms with Crippen LogP contribution in [0.5, 0.6) is 5.75 Å². The molecule has 0 radical (unpaired) electrons. The van der Waals surface area contributed by atoms with Crippen molar-refractivity contribution in [2.45, 2.75) is 26.1 Å². The summed E-state index contributed by atoms with van der Waals surface area (Å²) in [5.74, 6) is 0.799. The van der Waals surface area contributed by atoms with Gasteiger partial charge in [-0.25, -0.2) is 0 Å². The van der Waals surface area contributed by atoms with Gasteiger partial charge in [0.05, 0.1) is 6.10 Å². The zero-order valence-corrected chi connectivity index (χ0v) is 10.8. The lowest BCUT2D eigenvalue weighted by atomic mass is 10.1. The summed E-state index contributed by atoms with van der Waals surface area (Å²) < 4.78 is 5.61. The molecule has 1 heterocycles. The highest BCUT2D eigenvalue weighted by Crippen LogP contribution is 2.28. The van der Waals surface area contributed by atoms with E-state index in [0.29, 0.717) is 0 Å². The molecule has 0 fully saturated rings. The molecule has 1 atom stereocenters. The van der Waals surface area contributed by atoms with Crippen molar-refractivity contribution < 1.29 is 9.84 Å². The Labute approximate surface area is 105 Å². The minimum absolute atomic E-state index is 0.143. The van der Waals surface area contributed by atoms with E-state index in [9.17, 15) is 5.11 Å². The summed E-state index contributed by atoms with van der Waals surface area (Å²) in [5, 5.41) is 12.2. The minimum Gasteiger partial charge on any atom is -0.491 e. The molecule has 17 heavy (non-hydrogen) atoms. The van der Waals surface area contributed by atoms with E-state index in [2.05, 4.69) is 0 Å². The number of benzene rings is 1. The highest BCUT2D eigenvalue weighted by Gasteiger charge is 2.12. The van der Waals surface area contributed by atoms with E-state index in [1.807, 2.05) is 55.6 Å². The normalized spacial score (nSPS) is 12.7. The quantitative estimate of drug-likeness (QED) is 0.895. The van der Waals surface area contributed by atoms with Gasteiger partial charge in [-0.2, -0.15) is 0 Å². The van der Waals surface area contributed by atoms with Gasteiger partial charge in [0.15, 0.2) is 0 Å². The van der Waals surface area contributed by atoms with Gasteiger partial charge in [0.1, 0.15) is 11.9 Å². The van der Waals surface area contributed by atoms with Crippen LogP contribution < -0.4 is 4.74 Å². The first-order chi connectivity index (χ1) is 8.16. The molecule has 90 valence electrons. The molecule has 1 aromatic carbocycles. The minimum atomic E-state index is -0.564. The fraction of sp³-hybridized carbons (Fsp3) is 0.286. The first kappa shape index (κ1) is 12.1. The lowest BCUT2D eigenvalue weighted by molar-refractivity contribution is 0.220. The van der Waals surface area contributed by atoms with Crippen LogP contribution in [0.3, 0.4) is 0 Å². The van der Waals surface area contributed by atoms with Gasteiger partial charge < -0.3 is 9.84 Å². The maximum atomic E-state index is 10.2. The Kier molecular flexibility index (Phi) is 3.82. The van der Waals surface area contributed by atoms with Gasteiger partial charge in [0.25, 0.3) is 0 Å². The number of aliphatic hydroxyl groups excluding tert-OH is 1. The summed E-state index contributed by atoms with van der Waals surface area (Å²) in [4.78, 5) is 0.951. The molecule has 1 unspecified atom stereocenters. The molecule has 0 aliphatic heterocycles. The molecule has 1 N–H and O–H groups in total. The van der Waals surface area contributed by atoms with Gasteiger partial charge in [0, 0.05) is 4.88 Å². The van der Waals surface area contributed by atoms with Crippen molar-refractivity contribution in [2.75, 3.05) is 0 Å². The van der Waals surface area contributed by atoms with E-state index in [1.165, 1.54) is 0 Å². The molecule has 1 aromatic heterocycles. The number of ether oxygens (including phenoxy) is 1. The highest BCUT2D eigenvalue weighted by atomic mass is 32.1. The van der Waals surface area contributed by atoms with E-state index in [4.69, 9.17) is 4.74 Å². The van der Waals surface area contributed by atoms with Gasteiger partial charge in [-0.15, -0.1) is 11.3 Å². The molecule has 3 heteroatoms. The Morgan fingerprint density at radius 1 is 1.18 bits per heavy atom. The molecule has 0 bridgehead atoms. The molecular formula is C14H16O2S. The first-order valence-corrected chi connectivity index (χ1v) is 6.53. The van der Waals surface area contributed by atoms with Crippen molar-refractivity contribution in [3.8, 4) is 5.75 Å². The van der Waals surface area contributed by atoms with Crippen LogP contribution in [-0.4, -0.2) is 11.2 Å². The van der Waals surface area contributed by atoms with Gasteiger partial charge >= 0.3 is 0 Å². The van der Waals surface area contributed by atoms with Gasteiger partial charge in [-0.05, 0) is 43.0 Å². The predicted octanol–water partition coefficient (Wildman–Crippen LogP) is 3.62. The van der Waals surface area contributed by atoms with Crippen LogP contribution >= 0.6 is 11.3 Å². The first-order valence-electron chi connectivity index (χ1n) is 5.65. The van der Waals surface area contributed by atoms with Crippen LogP contribution in [0, 0.1) is 0 Å².